The standard InChI is InChI=1S/C24H28N4O2/c1-30-22-15-18(11-12-20(22)26-24(29)17-7-3-2-4-8-17)27-13-14-28-21-10-6-5-9-19(21)25-23(28)16-27/h5-6,9-12,15,17H,2-4,7-8,13-14,16H2,1H3,(H,26,29). The highest BCUT2D eigenvalue weighted by atomic mass is 16.5. The molecule has 3 aromatic rings. The Morgan fingerprint density at radius 1 is 1.10 bits per heavy atom. The number of carbonyl (C=O) groups is 1. The SMILES string of the molecule is COc1cc(N2CCn3c(nc4ccccc43)C2)ccc1NC(=O)C1CCCCC1. The van der Waals surface area contributed by atoms with Gasteiger partial charge >= 0.3 is 0 Å². The van der Waals surface area contributed by atoms with E-state index >= 15 is 0 Å². The Labute approximate surface area is 176 Å². The molecule has 0 unspecified atom stereocenters. The predicted octanol–water partition coefficient (Wildman–Crippen LogP) is 4.58. The Hall–Kier alpha value is -3.02. The fourth-order valence-electron chi connectivity index (χ4n) is 4.77. The smallest absolute Gasteiger partial charge is 0.227 e. The zero-order valence-corrected chi connectivity index (χ0v) is 17.4. The molecule has 0 bridgehead atoms. The lowest BCUT2D eigenvalue weighted by Gasteiger charge is -2.30. The van der Waals surface area contributed by atoms with Gasteiger partial charge in [0.05, 0.1) is 30.4 Å². The van der Waals surface area contributed by atoms with Crippen molar-refractivity contribution in [2.75, 3.05) is 23.9 Å². The first kappa shape index (κ1) is 19.0. The molecule has 1 saturated carbocycles. The van der Waals surface area contributed by atoms with Crippen molar-refractivity contribution >= 4 is 28.3 Å². The van der Waals surface area contributed by atoms with E-state index in [4.69, 9.17) is 9.72 Å². The van der Waals surface area contributed by atoms with E-state index < -0.39 is 0 Å². The number of amides is 1. The Kier molecular flexibility index (Phi) is 5.07. The number of methoxy groups -OCH3 is 1. The minimum Gasteiger partial charge on any atom is -0.494 e. The van der Waals surface area contributed by atoms with E-state index in [1.54, 1.807) is 7.11 Å². The molecule has 2 aliphatic rings. The summed E-state index contributed by atoms with van der Waals surface area (Å²) in [5, 5.41) is 3.10. The number of nitrogens with one attached hydrogen (secondary N) is 1. The molecular formula is C24H28N4O2. The van der Waals surface area contributed by atoms with Crippen LogP contribution < -0.4 is 15.0 Å². The Bertz CT molecular complexity index is 1070. The third kappa shape index (κ3) is 3.51. The summed E-state index contributed by atoms with van der Waals surface area (Å²) in [6.07, 6.45) is 5.51. The van der Waals surface area contributed by atoms with Gasteiger partial charge < -0.3 is 19.5 Å². The number of nitrogens with zero attached hydrogens (tertiary/aromatic N) is 3. The number of benzene rings is 2. The van der Waals surface area contributed by atoms with Crippen molar-refractivity contribution in [1.82, 2.24) is 9.55 Å². The van der Waals surface area contributed by atoms with Gasteiger partial charge in [-0.1, -0.05) is 31.4 Å². The van der Waals surface area contributed by atoms with Gasteiger partial charge in [-0.05, 0) is 37.1 Å². The highest BCUT2D eigenvalue weighted by molar-refractivity contribution is 5.94. The summed E-state index contributed by atoms with van der Waals surface area (Å²) in [4.78, 5) is 19.8. The normalized spacial score (nSPS) is 17.0. The van der Waals surface area contributed by atoms with E-state index in [9.17, 15) is 4.79 Å². The number of anilines is 2. The molecule has 0 saturated heterocycles. The van der Waals surface area contributed by atoms with Crippen LogP contribution in [0.3, 0.4) is 0 Å². The third-order valence-electron chi connectivity index (χ3n) is 6.44. The van der Waals surface area contributed by atoms with E-state index in [0.29, 0.717) is 5.75 Å². The summed E-state index contributed by atoms with van der Waals surface area (Å²) in [6, 6.07) is 14.4. The van der Waals surface area contributed by atoms with Crippen molar-refractivity contribution in [2.24, 2.45) is 5.92 Å². The molecule has 2 heterocycles. The lowest BCUT2D eigenvalue weighted by molar-refractivity contribution is -0.120. The number of imidazole rings is 1. The number of para-hydroxylation sites is 2. The van der Waals surface area contributed by atoms with Crippen LogP contribution in [0.5, 0.6) is 5.75 Å². The molecule has 156 valence electrons. The second kappa shape index (κ2) is 8.01. The topological polar surface area (TPSA) is 59.4 Å². The summed E-state index contributed by atoms with van der Waals surface area (Å²) in [5.41, 5.74) is 4.08. The van der Waals surface area contributed by atoms with Crippen molar-refractivity contribution in [2.45, 2.75) is 45.2 Å². The molecule has 0 radical (unpaired) electrons. The van der Waals surface area contributed by atoms with Gasteiger partial charge in [-0.3, -0.25) is 4.79 Å². The van der Waals surface area contributed by atoms with E-state index in [-0.39, 0.29) is 11.8 Å². The van der Waals surface area contributed by atoms with Crippen molar-refractivity contribution in [3.8, 4) is 5.75 Å². The molecule has 1 aliphatic carbocycles. The van der Waals surface area contributed by atoms with Crippen LogP contribution in [0.15, 0.2) is 42.5 Å². The number of fused-ring (bicyclic) bond motifs is 3. The maximum Gasteiger partial charge on any atom is 0.227 e. The molecule has 0 spiro atoms. The minimum atomic E-state index is 0.118. The van der Waals surface area contributed by atoms with Crippen LogP contribution in [-0.4, -0.2) is 29.1 Å². The van der Waals surface area contributed by atoms with Crippen LogP contribution in [0.25, 0.3) is 11.0 Å². The van der Waals surface area contributed by atoms with Crippen LogP contribution in [0.1, 0.15) is 37.9 Å². The predicted molar refractivity (Wildman–Crippen MR) is 119 cm³/mol. The zero-order valence-electron chi connectivity index (χ0n) is 17.4. The molecule has 6 nitrogen and oxygen atoms in total. The van der Waals surface area contributed by atoms with Crippen molar-refractivity contribution in [1.29, 1.82) is 0 Å². The monoisotopic (exact) mass is 404 g/mol. The fraction of sp³-hybridized carbons (Fsp3) is 0.417. The number of rotatable bonds is 4. The molecule has 30 heavy (non-hydrogen) atoms. The van der Waals surface area contributed by atoms with Crippen molar-refractivity contribution < 1.29 is 9.53 Å². The molecule has 5 rings (SSSR count). The molecule has 1 N–H and O–H groups in total. The lowest BCUT2D eigenvalue weighted by Crippen LogP contribution is -2.33. The van der Waals surface area contributed by atoms with Gasteiger partial charge in [0.25, 0.3) is 0 Å². The minimum absolute atomic E-state index is 0.118. The second-order valence-electron chi connectivity index (χ2n) is 8.30. The molecule has 2 aromatic carbocycles. The quantitative estimate of drug-likeness (QED) is 0.691. The van der Waals surface area contributed by atoms with Crippen LogP contribution in [0.4, 0.5) is 11.4 Å². The lowest BCUT2D eigenvalue weighted by atomic mass is 9.88. The number of ether oxygens (including phenoxy) is 1. The zero-order chi connectivity index (χ0) is 20.5. The van der Waals surface area contributed by atoms with Gasteiger partial charge in [0.15, 0.2) is 0 Å². The van der Waals surface area contributed by atoms with Gasteiger partial charge in [-0.25, -0.2) is 4.98 Å². The van der Waals surface area contributed by atoms with E-state index in [0.717, 1.165) is 68.0 Å². The molecule has 6 heteroatoms. The fourth-order valence-corrected chi connectivity index (χ4v) is 4.77. The van der Waals surface area contributed by atoms with E-state index in [1.165, 1.54) is 11.9 Å². The average Bonchev–Trinajstić information content (AvgIpc) is 3.17. The number of hydrogen-bond acceptors (Lipinski definition) is 4. The number of aromatic nitrogens is 2. The van der Waals surface area contributed by atoms with Gasteiger partial charge in [0, 0.05) is 30.8 Å². The van der Waals surface area contributed by atoms with E-state index in [2.05, 4.69) is 39.0 Å². The van der Waals surface area contributed by atoms with Crippen LogP contribution in [-0.2, 0) is 17.9 Å². The van der Waals surface area contributed by atoms with Crippen molar-refractivity contribution in [3.63, 3.8) is 0 Å². The molecule has 1 aromatic heterocycles. The van der Waals surface area contributed by atoms with Crippen LogP contribution in [0.2, 0.25) is 0 Å². The number of hydrogen-bond donors (Lipinski definition) is 1. The van der Waals surface area contributed by atoms with Crippen molar-refractivity contribution in [3.05, 3.63) is 48.3 Å². The maximum absolute atomic E-state index is 12.7. The first-order chi connectivity index (χ1) is 14.7. The third-order valence-corrected chi connectivity index (χ3v) is 6.44. The summed E-state index contributed by atoms with van der Waals surface area (Å²) in [6.45, 7) is 2.56. The maximum atomic E-state index is 12.7. The van der Waals surface area contributed by atoms with Crippen LogP contribution >= 0.6 is 0 Å². The van der Waals surface area contributed by atoms with Crippen LogP contribution in [0, 0.1) is 5.92 Å². The second-order valence-corrected chi connectivity index (χ2v) is 8.30. The Morgan fingerprint density at radius 2 is 1.93 bits per heavy atom. The largest absolute Gasteiger partial charge is 0.494 e. The Morgan fingerprint density at radius 3 is 2.77 bits per heavy atom. The molecule has 1 aliphatic heterocycles. The summed E-state index contributed by atoms with van der Waals surface area (Å²) in [5.74, 6) is 2.03. The highest BCUT2D eigenvalue weighted by Gasteiger charge is 2.24. The Balaban J connectivity index is 1.34. The van der Waals surface area contributed by atoms with Gasteiger partial charge in [0.2, 0.25) is 5.91 Å². The first-order valence-electron chi connectivity index (χ1n) is 10.9. The van der Waals surface area contributed by atoms with Gasteiger partial charge in [-0.15, -0.1) is 0 Å². The highest BCUT2D eigenvalue weighted by Crippen LogP contribution is 2.33. The van der Waals surface area contributed by atoms with E-state index in [1.807, 2.05) is 18.2 Å². The molecule has 1 amide bonds. The summed E-state index contributed by atoms with van der Waals surface area (Å²) >= 11 is 0. The molecular weight excluding hydrogens is 376 g/mol. The summed E-state index contributed by atoms with van der Waals surface area (Å²) < 4.78 is 7.93. The molecule has 1 fully saturated rings. The summed E-state index contributed by atoms with van der Waals surface area (Å²) in [7, 11) is 1.66. The van der Waals surface area contributed by atoms with Gasteiger partial charge in [0.1, 0.15) is 11.6 Å². The first-order valence-corrected chi connectivity index (χ1v) is 10.9. The number of carbonyl (C=O) groups excluding carboxylic acids is 1. The molecule has 0 atom stereocenters. The average molecular weight is 405 g/mol. The van der Waals surface area contributed by atoms with Gasteiger partial charge in [-0.2, -0.15) is 0 Å².